The second kappa shape index (κ2) is 10.1. The Morgan fingerprint density at radius 1 is 1.08 bits per heavy atom. The number of carbonyl (C=O) groups is 2. The van der Waals surface area contributed by atoms with Crippen LogP contribution in [0.25, 0.3) is 0 Å². The SMILES string of the molecule is CCCCCCOc1ccc(NC(=O)C2CCCCC2C(=O)O)cc1. The minimum absolute atomic E-state index is 0.194. The molecule has 1 aromatic rings. The van der Waals surface area contributed by atoms with Crippen LogP contribution in [0.5, 0.6) is 5.75 Å². The first-order chi connectivity index (χ1) is 12.1. The third kappa shape index (κ3) is 6.07. The largest absolute Gasteiger partial charge is 0.494 e. The maximum Gasteiger partial charge on any atom is 0.307 e. The van der Waals surface area contributed by atoms with E-state index in [1.165, 1.54) is 19.3 Å². The summed E-state index contributed by atoms with van der Waals surface area (Å²) < 4.78 is 5.69. The Morgan fingerprint density at radius 3 is 2.40 bits per heavy atom. The molecule has 2 N–H and O–H groups in total. The number of amides is 1. The summed E-state index contributed by atoms with van der Waals surface area (Å²) in [5.74, 6) is -1.29. The van der Waals surface area contributed by atoms with Gasteiger partial charge in [-0.15, -0.1) is 0 Å². The molecule has 0 bridgehead atoms. The molecule has 2 atom stereocenters. The van der Waals surface area contributed by atoms with E-state index in [1.807, 2.05) is 12.1 Å². The fourth-order valence-corrected chi connectivity index (χ4v) is 3.33. The molecular weight excluding hydrogens is 318 g/mol. The fourth-order valence-electron chi connectivity index (χ4n) is 3.33. The van der Waals surface area contributed by atoms with Gasteiger partial charge in [0.1, 0.15) is 5.75 Å². The zero-order chi connectivity index (χ0) is 18.1. The molecule has 0 heterocycles. The summed E-state index contributed by atoms with van der Waals surface area (Å²) in [6.45, 7) is 2.88. The summed E-state index contributed by atoms with van der Waals surface area (Å²) >= 11 is 0. The molecule has 5 nitrogen and oxygen atoms in total. The van der Waals surface area contributed by atoms with Crippen molar-refractivity contribution < 1.29 is 19.4 Å². The maximum atomic E-state index is 12.4. The summed E-state index contributed by atoms with van der Waals surface area (Å²) in [5, 5.41) is 12.1. The molecule has 5 heteroatoms. The first-order valence-electron chi connectivity index (χ1n) is 9.38. The summed E-state index contributed by atoms with van der Waals surface area (Å²) in [4.78, 5) is 23.8. The number of carboxylic acids is 1. The lowest BCUT2D eigenvalue weighted by molar-refractivity contribution is -0.147. The number of unbranched alkanes of at least 4 members (excludes halogenated alkanes) is 3. The number of ether oxygens (including phenoxy) is 1. The topological polar surface area (TPSA) is 75.6 Å². The van der Waals surface area contributed by atoms with Gasteiger partial charge < -0.3 is 15.2 Å². The number of anilines is 1. The highest BCUT2D eigenvalue weighted by Gasteiger charge is 2.35. The lowest BCUT2D eigenvalue weighted by Crippen LogP contribution is -2.36. The van der Waals surface area contributed by atoms with Gasteiger partial charge in [-0.2, -0.15) is 0 Å². The minimum Gasteiger partial charge on any atom is -0.494 e. The van der Waals surface area contributed by atoms with Gasteiger partial charge in [0.15, 0.2) is 0 Å². The molecule has 0 spiro atoms. The van der Waals surface area contributed by atoms with E-state index < -0.39 is 17.8 Å². The van der Waals surface area contributed by atoms with Gasteiger partial charge in [-0.3, -0.25) is 9.59 Å². The van der Waals surface area contributed by atoms with Crippen molar-refractivity contribution in [2.45, 2.75) is 58.3 Å². The fraction of sp³-hybridized carbons (Fsp3) is 0.600. The second-order valence-corrected chi connectivity index (χ2v) is 6.76. The molecule has 1 aliphatic carbocycles. The Labute approximate surface area is 149 Å². The molecule has 1 aliphatic rings. The predicted octanol–water partition coefficient (Wildman–Crippen LogP) is 4.48. The molecule has 0 aromatic heterocycles. The third-order valence-corrected chi connectivity index (χ3v) is 4.81. The summed E-state index contributed by atoms with van der Waals surface area (Å²) in [6.07, 6.45) is 7.67. The quantitative estimate of drug-likeness (QED) is 0.646. The normalized spacial score (nSPS) is 20.0. The van der Waals surface area contributed by atoms with Crippen molar-refractivity contribution in [2.75, 3.05) is 11.9 Å². The Balaban J connectivity index is 1.83. The molecular formula is C20H29NO4. The molecule has 1 fully saturated rings. The summed E-state index contributed by atoms with van der Waals surface area (Å²) in [5.41, 5.74) is 0.679. The van der Waals surface area contributed by atoms with Crippen molar-refractivity contribution in [3.8, 4) is 5.75 Å². The average Bonchev–Trinajstić information content (AvgIpc) is 2.63. The number of hydrogen-bond acceptors (Lipinski definition) is 3. The Bertz CT molecular complexity index is 555. The van der Waals surface area contributed by atoms with E-state index in [9.17, 15) is 14.7 Å². The zero-order valence-electron chi connectivity index (χ0n) is 15.0. The van der Waals surface area contributed by atoms with E-state index in [0.717, 1.165) is 25.0 Å². The minimum atomic E-state index is -0.869. The first kappa shape index (κ1) is 19.3. The molecule has 1 saturated carbocycles. The van der Waals surface area contributed by atoms with Crippen molar-refractivity contribution >= 4 is 17.6 Å². The Hall–Kier alpha value is -2.04. The number of carboxylic acid groups (broad SMARTS) is 1. The molecule has 1 amide bonds. The highest BCUT2D eigenvalue weighted by atomic mass is 16.5. The molecule has 2 unspecified atom stereocenters. The smallest absolute Gasteiger partial charge is 0.307 e. The van der Waals surface area contributed by atoms with Gasteiger partial charge in [0.2, 0.25) is 5.91 Å². The zero-order valence-corrected chi connectivity index (χ0v) is 15.0. The highest BCUT2D eigenvalue weighted by molar-refractivity contribution is 5.95. The van der Waals surface area contributed by atoms with Gasteiger partial charge in [-0.1, -0.05) is 39.0 Å². The first-order valence-corrected chi connectivity index (χ1v) is 9.38. The molecule has 1 aromatic carbocycles. The van der Waals surface area contributed by atoms with Crippen LogP contribution in [0.1, 0.15) is 58.3 Å². The van der Waals surface area contributed by atoms with Crippen LogP contribution in [0.2, 0.25) is 0 Å². The predicted molar refractivity (Wildman–Crippen MR) is 97.8 cm³/mol. The van der Waals surface area contributed by atoms with Gasteiger partial charge in [0, 0.05) is 5.69 Å². The van der Waals surface area contributed by atoms with Crippen LogP contribution < -0.4 is 10.1 Å². The van der Waals surface area contributed by atoms with Crippen LogP contribution in [0.3, 0.4) is 0 Å². The van der Waals surface area contributed by atoms with Crippen LogP contribution in [-0.4, -0.2) is 23.6 Å². The Kier molecular flexibility index (Phi) is 7.76. The molecule has 138 valence electrons. The van der Waals surface area contributed by atoms with Crippen molar-refractivity contribution in [2.24, 2.45) is 11.8 Å². The number of rotatable bonds is 9. The second-order valence-electron chi connectivity index (χ2n) is 6.76. The van der Waals surface area contributed by atoms with E-state index in [4.69, 9.17) is 4.74 Å². The van der Waals surface area contributed by atoms with E-state index in [1.54, 1.807) is 12.1 Å². The van der Waals surface area contributed by atoms with Gasteiger partial charge in [0.25, 0.3) is 0 Å². The molecule has 0 saturated heterocycles. The standard InChI is InChI=1S/C20H29NO4/c1-2-3-4-7-14-25-16-12-10-15(11-13-16)21-19(22)17-8-5-6-9-18(17)20(23)24/h10-13,17-18H,2-9,14H2,1H3,(H,21,22)(H,23,24). The van der Waals surface area contributed by atoms with Gasteiger partial charge in [-0.05, 0) is 43.5 Å². The molecule has 25 heavy (non-hydrogen) atoms. The van der Waals surface area contributed by atoms with E-state index in [0.29, 0.717) is 25.1 Å². The molecule has 0 aliphatic heterocycles. The van der Waals surface area contributed by atoms with E-state index in [2.05, 4.69) is 12.2 Å². The lowest BCUT2D eigenvalue weighted by Gasteiger charge is -2.27. The van der Waals surface area contributed by atoms with Crippen LogP contribution in [0, 0.1) is 11.8 Å². The summed E-state index contributed by atoms with van der Waals surface area (Å²) in [7, 11) is 0. The highest BCUT2D eigenvalue weighted by Crippen LogP contribution is 2.31. The molecule has 2 rings (SSSR count). The average molecular weight is 347 g/mol. The van der Waals surface area contributed by atoms with Crippen LogP contribution in [-0.2, 0) is 9.59 Å². The van der Waals surface area contributed by atoms with Gasteiger partial charge in [0.05, 0.1) is 18.4 Å². The van der Waals surface area contributed by atoms with Crippen LogP contribution in [0.4, 0.5) is 5.69 Å². The number of benzene rings is 1. The van der Waals surface area contributed by atoms with Crippen LogP contribution in [0.15, 0.2) is 24.3 Å². The van der Waals surface area contributed by atoms with Crippen molar-refractivity contribution in [3.63, 3.8) is 0 Å². The number of aliphatic carboxylic acids is 1. The lowest BCUT2D eigenvalue weighted by atomic mass is 9.78. The Morgan fingerprint density at radius 2 is 1.76 bits per heavy atom. The van der Waals surface area contributed by atoms with Crippen molar-refractivity contribution in [1.29, 1.82) is 0 Å². The summed E-state index contributed by atoms with van der Waals surface area (Å²) in [6, 6.07) is 7.28. The number of hydrogen-bond donors (Lipinski definition) is 2. The van der Waals surface area contributed by atoms with Gasteiger partial charge >= 0.3 is 5.97 Å². The third-order valence-electron chi connectivity index (χ3n) is 4.81. The number of nitrogens with one attached hydrogen (secondary N) is 1. The van der Waals surface area contributed by atoms with Crippen molar-refractivity contribution in [3.05, 3.63) is 24.3 Å². The van der Waals surface area contributed by atoms with Crippen molar-refractivity contribution in [1.82, 2.24) is 0 Å². The van der Waals surface area contributed by atoms with E-state index in [-0.39, 0.29) is 5.91 Å². The number of carbonyl (C=O) groups excluding carboxylic acids is 1. The molecule has 0 radical (unpaired) electrons. The van der Waals surface area contributed by atoms with Crippen LogP contribution >= 0.6 is 0 Å². The monoisotopic (exact) mass is 347 g/mol. The maximum absolute atomic E-state index is 12.4. The van der Waals surface area contributed by atoms with Gasteiger partial charge in [-0.25, -0.2) is 0 Å². The van der Waals surface area contributed by atoms with E-state index >= 15 is 0 Å².